The first-order chi connectivity index (χ1) is 28.4. The molecule has 4 N–H and O–H groups in total. The summed E-state index contributed by atoms with van der Waals surface area (Å²) in [5, 5.41) is 14.2. The monoisotopic (exact) mass is 837 g/mol. The van der Waals surface area contributed by atoms with Crippen molar-refractivity contribution in [2.24, 2.45) is 11.7 Å². The third kappa shape index (κ3) is 15.1. The highest BCUT2D eigenvalue weighted by Gasteiger charge is 2.36. The van der Waals surface area contributed by atoms with Gasteiger partial charge < -0.3 is 30.0 Å². The quantitative estimate of drug-likeness (QED) is 0.136. The van der Waals surface area contributed by atoms with Crippen molar-refractivity contribution in [1.82, 2.24) is 20.1 Å². The third-order valence-electron chi connectivity index (χ3n) is 9.71. The molecule has 3 aliphatic rings. The van der Waals surface area contributed by atoms with Crippen molar-refractivity contribution >= 4 is 40.1 Å². The number of carbonyl (C=O) groups excluding carboxylic acids is 2. The van der Waals surface area contributed by atoms with Crippen LogP contribution in [0.15, 0.2) is 102 Å². The van der Waals surface area contributed by atoms with Gasteiger partial charge in [0.1, 0.15) is 35.4 Å². The van der Waals surface area contributed by atoms with E-state index < -0.39 is 42.6 Å². The number of nitrogens with two attached hydrogens (primary N) is 1. The van der Waals surface area contributed by atoms with Gasteiger partial charge in [-0.1, -0.05) is 36.7 Å². The number of ether oxygens (including phenoxy) is 2. The second-order valence-electron chi connectivity index (χ2n) is 14.0. The Morgan fingerprint density at radius 2 is 1.85 bits per heavy atom. The number of pyridine rings is 1. The number of terminal acetylenes is 1. The number of hydrogen-bond acceptors (Lipinski definition) is 9. The van der Waals surface area contributed by atoms with Crippen LogP contribution in [0, 0.1) is 18.8 Å². The Kier molecular flexibility index (Phi) is 18.3. The van der Waals surface area contributed by atoms with Crippen molar-refractivity contribution in [2.45, 2.75) is 57.3 Å². The molecule has 1 saturated heterocycles. The fraction of sp³-hybridized carbons (Fsp3) is 0.386. The molecule has 0 saturated carbocycles. The number of piperazine rings is 1. The second kappa shape index (κ2) is 23.3. The maximum Gasteiger partial charge on any atom is 0.405 e. The zero-order valence-corrected chi connectivity index (χ0v) is 33.7. The Bertz CT molecular complexity index is 1960. The van der Waals surface area contributed by atoms with Crippen LogP contribution < -0.4 is 15.8 Å². The van der Waals surface area contributed by atoms with E-state index in [0.717, 1.165) is 35.3 Å². The number of aromatic nitrogens is 1. The number of hydrogen-bond donors (Lipinski definition) is 3. The Labute approximate surface area is 348 Å². The molecule has 4 aromatic rings. The molecule has 316 valence electrons. The predicted molar refractivity (Wildman–Crippen MR) is 222 cm³/mol. The largest absolute Gasteiger partial charge is 0.493 e. The molecule has 59 heavy (non-hydrogen) atoms. The molecular formula is C44H51ClF3N5O6. The molecule has 15 heteroatoms. The van der Waals surface area contributed by atoms with Crippen LogP contribution in [0.25, 0.3) is 16.7 Å². The van der Waals surface area contributed by atoms with Crippen LogP contribution >= 0.6 is 11.6 Å². The number of aliphatic hydroxyl groups excluding tert-OH is 1. The molecule has 7 rings (SSSR count). The van der Waals surface area contributed by atoms with Gasteiger partial charge in [-0.2, -0.15) is 13.2 Å². The summed E-state index contributed by atoms with van der Waals surface area (Å²) in [5.74, 6) is 0.605. The van der Waals surface area contributed by atoms with Crippen LogP contribution in [0.3, 0.4) is 0 Å². The van der Waals surface area contributed by atoms with Crippen LogP contribution in [-0.2, 0) is 20.7 Å². The van der Waals surface area contributed by atoms with Crippen LogP contribution in [-0.4, -0.2) is 95.9 Å². The first kappa shape index (κ1) is 46.4. The van der Waals surface area contributed by atoms with Crippen LogP contribution in [0.5, 0.6) is 5.75 Å². The van der Waals surface area contributed by atoms with Gasteiger partial charge in [-0.05, 0) is 92.3 Å². The smallest absolute Gasteiger partial charge is 0.405 e. The van der Waals surface area contributed by atoms with Crippen molar-refractivity contribution in [2.75, 3.05) is 45.9 Å². The molecule has 0 bridgehead atoms. The number of primary amides is 1. The van der Waals surface area contributed by atoms with Gasteiger partial charge >= 0.3 is 6.18 Å². The lowest BCUT2D eigenvalue weighted by Crippen LogP contribution is -2.61. The zero-order chi connectivity index (χ0) is 42.8. The molecule has 0 spiro atoms. The summed E-state index contributed by atoms with van der Waals surface area (Å²) in [6.45, 7) is 2.60. The number of aryl methyl sites for hydroxylation is 1. The van der Waals surface area contributed by atoms with E-state index in [1.165, 1.54) is 12.0 Å². The SMILES string of the molecule is C#C.CCC(C[C@H](O)CN1CCN(CC2=CCC=C(c3ccc(Cl)cc3)O2)C[C@H]1C(=O)NCC(F)(F)F)C(N)=O.c1cc2occc2cn1.c1ccc2c(c1)CCCO2. The number of rotatable bonds is 11. The summed E-state index contributed by atoms with van der Waals surface area (Å²) in [7, 11) is 0. The fourth-order valence-corrected chi connectivity index (χ4v) is 6.81. The predicted octanol–water partition coefficient (Wildman–Crippen LogP) is 7.00. The lowest BCUT2D eigenvalue weighted by molar-refractivity contribution is -0.143. The van der Waals surface area contributed by atoms with E-state index in [1.54, 1.807) is 42.6 Å². The number of benzene rings is 2. The summed E-state index contributed by atoms with van der Waals surface area (Å²) in [6.07, 6.45) is 15.1. The molecule has 5 heterocycles. The Balaban J connectivity index is 0.000000291. The maximum absolute atomic E-state index is 12.8. The Morgan fingerprint density at radius 1 is 1.08 bits per heavy atom. The molecule has 1 fully saturated rings. The number of β-amino-alcohol motifs (C(OH)–C–C–N with tert-alkyl or cyclic N) is 1. The summed E-state index contributed by atoms with van der Waals surface area (Å²) >= 11 is 5.97. The minimum absolute atomic E-state index is 0.0321. The van der Waals surface area contributed by atoms with Gasteiger partial charge in [0.15, 0.2) is 0 Å². The first-order valence-corrected chi connectivity index (χ1v) is 19.7. The summed E-state index contributed by atoms with van der Waals surface area (Å²) < 4.78 is 54.9. The molecule has 11 nitrogen and oxygen atoms in total. The standard InChI is InChI=1S/C26H34ClF3N4O4.C9H10O.C7H5NO.C2H2/c1-2-17(24(31)36)12-20(35)13-34-11-10-33(15-22(34)25(37)32-16-26(28,29)30)14-21-4-3-5-23(38-21)18-6-8-19(27)9-7-18;1-2-6-9-8(4-1)5-3-7-10-9;1-3-8-5-6-2-4-9-7(1)6;1-2/h4-9,17,20,22,35H,2-3,10-16H2,1H3,(H2,31,36)(H,32,37);1-2,4,6H,3,5,7H2;1-5H;1-2H/t17?,20-,22-;;;/m0.../s1. The molecule has 0 radical (unpaired) electrons. The van der Waals surface area contributed by atoms with Crippen LogP contribution in [0.2, 0.25) is 5.02 Å². The maximum atomic E-state index is 12.8. The van der Waals surface area contributed by atoms with E-state index in [9.17, 15) is 27.9 Å². The average molecular weight is 838 g/mol. The highest BCUT2D eigenvalue weighted by atomic mass is 35.5. The lowest BCUT2D eigenvalue weighted by atomic mass is 9.97. The molecular weight excluding hydrogens is 787 g/mol. The molecule has 2 aromatic carbocycles. The number of alkyl halides is 3. The number of carbonyl (C=O) groups is 2. The van der Waals surface area contributed by atoms with Gasteiger partial charge in [-0.3, -0.25) is 24.4 Å². The molecule has 2 aromatic heterocycles. The van der Waals surface area contributed by atoms with E-state index in [0.29, 0.717) is 49.0 Å². The number of allylic oxidation sites excluding steroid dienone is 2. The summed E-state index contributed by atoms with van der Waals surface area (Å²) in [5.41, 5.74) is 8.49. The third-order valence-corrected chi connectivity index (χ3v) is 9.96. The number of furan rings is 1. The first-order valence-electron chi connectivity index (χ1n) is 19.3. The van der Waals surface area contributed by atoms with Crippen molar-refractivity contribution in [1.29, 1.82) is 0 Å². The highest BCUT2D eigenvalue weighted by Crippen LogP contribution is 2.27. The fourth-order valence-electron chi connectivity index (χ4n) is 6.68. The number of halogens is 4. The molecule has 3 atom stereocenters. The van der Waals surface area contributed by atoms with E-state index in [4.69, 9.17) is 31.2 Å². The van der Waals surface area contributed by atoms with Crippen molar-refractivity contribution in [3.63, 3.8) is 0 Å². The van der Waals surface area contributed by atoms with Gasteiger partial charge in [0.05, 0.1) is 25.5 Å². The van der Waals surface area contributed by atoms with E-state index in [-0.39, 0.29) is 19.5 Å². The van der Waals surface area contributed by atoms with E-state index >= 15 is 0 Å². The van der Waals surface area contributed by atoms with Crippen LogP contribution in [0.4, 0.5) is 13.2 Å². The van der Waals surface area contributed by atoms with Gasteiger partial charge in [0.2, 0.25) is 11.8 Å². The van der Waals surface area contributed by atoms with Crippen molar-refractivity contribution < 1.29 is 41.8 Å². The Hall–Kier alpha value is -5.33. The minimum Gasteiger partial charge on any atom is -0.493 e. The second-order valence-corrected chi connectivity index (χ2v) is 14.4. The lowest BCUT2D eigenvalue weighted by Gasteiger charge is -2.41. The van der Waals surface area contributed by atoms with Gasteiger partial charge in [0.25, 0.3) is 0 Å². The molecule has 2 amide bonds. The topological polar surface area (TPSA) is 143 Å². The van der Waals surface area contributed by atoms with Crippen LogP contribution in [0.1, 0.15) is 43.7 Å². The zero-order valence-electron chi connectivity index (χ0n) is 33.0. The summed E-state index contributed by atoms with van der Waals surface area (Å²) in [4.78, 5) is 31.9. The Morgan fingerprint density at radius 3 is 2.54 bits per heavy atom. The van der Waals surface area contributed by atoms with Gasteiger partial charge in [-0.15, -0.1) is 12.8 Å². The number of nitrogens with zero attached hydrogens (tertiary/aromatic N) is 3. The molecule has 0 aliphatic carbocycles. The summed E-state index contributed by atoms with van der Waals surface area (Å²) in [6, 6.07) is 18.3. The van der Waals surface area contributed by atoms with Crippen molar-refractivity contribution in [3.05, 3.63) is 113 Å². The van der Waals surface area contributed by atoms with E-state index in [2.05, 4.69) is 30.0 Å². The van der Waals surface area contributed by atoms with Gasteiger partial charge in [-0.25, -0.2) is 0 Å². The molecule has 3 aliphatic heterocycles. The van der Waals surface area contributed by atoms with E-state index in [1.807, 2.05) is 58.8 Å². The molecule has 1 unspecified atom stereocenters. The van der Waals surface area contributed by atoms with Gasteiger partial charge in [0, 0.05) is 60.5 Å². The number of nitrogens with one attached hydrogen (secondary N) is 1. The number of para-hydroxylation sites is 1. The number of aliphatic hydroxyl groups is 1. The van der Waals surface area contributed by atoms with Crippen molar-refractivity contribution in [3.8, 4) is 18.6 Å². The average Bonchev–Trinajstić information content (AvgIpc) is 3.73. The number of fused-ring (bicyclic) bond motifs is 2. The normalized spacial score (nSPS) is 17.5. The highest BCUT2D eigenvalue weighted by molar-refractivity contribution is 6.30. The number of amides is 2. The minimum atomic E-state index is -4.55.